The third kappa shape index (κ3) is 3.92. The zero-order chi connectivity index (χ0) is 17.8. The Morgan fingerprint density at radius 3 is 2.50 bits per heavy atom. The van der Waals surface area contributed by atoms with Gasteiger partial charge in [-0.3, -0.25) is 0 Å². The second kappa shape index (κ2) is 8.20. The van der Waals surface area contributed by atoms with Crippen LogP contribution in [0.15, 0.2) is 76.9 Å². The van der Waals surface area contributed by atoms with Crippen LogP contribution in [-0.4, -0.2) is 21.5 Å². The molecule has 4 aromatic rings. The van der Waals surface area contributed by atoms with E-state index in [2.05, 4.69) is 28.2 Å². The van der Waals surface area contributed by atoms with Crippen LogP contribution in [0.1, 0.15) is 0 Å². The lowest BCUT2D eigenvalue weighted by Gasteiger charge is -2.03. The maximum Gasteiger partial charge on any atom is 0.136 e. The summed E-state index contributed by atoms with van der Waals surface area (Å²) in [5.41, 5.74) is 1.20. The molecular weight excluding hydrogens is 383 g/mol. The molecule has 2 heterocycles. The predicted molar refractivity (Wildman–Crippen MR) is 111 cm³/mol. The van der Waals surface area contributed by atoms with Gasteiger partial charge >= 0.3 is 0 Å². The average molecular weight is 399 g/mol. The number of rotatable bonds is 6. The van der Waals surface area contributed by atoms with Crippen LogP contribution in [0, 0.1) is 5.82 Å². The fraction of sp³-hybridized carbons (Fsp3) is 0.100. The van der Waals surface area contributed by atoms with Crippen molar-refractivity contribution in [2.24, 2.45) is 0 Å². The van der Waals surface area contributed by atoms with Gasteiger partial charge < -0.3 is 0 Å². The van der Waals surface area contributed by atoms with E-state index in [4.69, 9.17) is 0 Å². The van der Waals surface area contributed by atoms with Gasteiger partial charge in [0, 0.05) is 26.7 Å². The van der Waals surface area contributed by atoms with Crippen molar-refractivity contribution < 1.29 is 4.39 Å². The maximum atomic E-state index is 13.7. The fourth-order valence-corrected chi connectivity index (χ4v) is 5.51. The van der Waals surface area contributed by atoms with Gasteiger partial charge in [-0.1, -0.05) is 42.5 Å². The molecule has 0 saturated heterocycles. The van der Waals surface area contributed by atoms with Crippen LogP contribution >= 0.6 is 34.9 Å². The number of thiophene rings is 1. The first kappa shape index (κ1) is 17.5. The van der Waals surface area contributed by atoms with Crippen molar-refractivity contribution in [3.05, 3.63) is 72.8 Å². The average Bonchev–Trinajstić information content (AvgIpc) is 3.12. The third-order valence-electron chi connectivity index (χ3n) is 3.77. The first-order chi connectivity index (χ1) is 12.8. The highest BCUT2D eigenvalue weighted by atomic mass is 32.2. The number of benzene rings is 2. The Morgan fingerprint density at radius 2 is 1.65 bits per heavy atom. The number of aromatic nitrogens is 2. The molecule has 0 unspecified atom stereocenters. The van der Waals surface area contributed by atoms with Gasteiger partial charge in [0.05, 0.1) is 0 Å². The molecule has 2 nitrogen and oxygen atoms in total. The normalized spacial score (nSPS) is 11.1. The Kier molecular flexibility index (Phi) is 5.53. The highest BCUT2D eigenvalue weighted by molar-refractivity contribution is 8.03. The summed E-state index contributed by atoms with van der Waals surface area (Å²) in [6.07, 6.45) is 1.62. The molecule has 0 N–H and O–H groups in total. The molecule has 4 rings (SSSR count). The molecule has 0 bridgehead atoms. The van der Waals surface area contributed by atoms with E-state index in [0.29, 0.717) is 4.90 Å². The van der Waals surface area contributed by atoms with E-state index in [-0.39, 0.29) is 5.82 Å². The monoisotopic (exact) mass is 398 g/mol. The number of hydrogen-bond donors (Lipinski definition) is 0. The molecule has 130 valence electrons. The summed E-state index contributed by atoms with van der Waals surface area (Å²) < 4.78 is 13.7. The van der Waals surface area contributed by atoms with Gasteiger partial charge in [0.1, 0.15) is 22.0 Å². The molecule has 0 aliphatic rings. The maximum absolute atomic E-state index is 13.7. The van der Waals surface area contributed by atoms with E-state index in [1.54, 1.807) is 35.5 Å². The molecule has 26 heavy (non-hydrogen) atoms. The van der Waals surface area contributed by atoms with Gasteiger partial charge in [-0.2, -0.15) is 0 Å². The van der Waals surface area contributed by atoms with Crippen LogP contribution in [0.3, 0.4) is 0 Å². The Hall–Kier alpha value is -1.89. The van der Waals surface area contributed by atoms with E-state index in [9.17, 15) is 4.39 Å². The SMILES string of the molecule is Fc1ccccc1SCCSc1ncnc2sc(-c3ccccc3)cc12. The number of hydrogen-bond acceptors (Lipinski definition) is 5. The van der Waals surface area contributed by atoms with Gasteiger partial charge in [-0.05, 0) is 23.8 Å². The smallest absolute Gasteiger partial charge is 0.136 e. The molecule has 6 heteroatoms. The van der Waals surface area contributed by atoms with E-state index in [1.165, 1.54) is 28.3 Å². The summed E-state index contributed by atoms with van der Waals surface area (Å²) in [6, 6.07) is 19.4. The van der Waals surface area contributed by atoms with Crippen molar-refractivity contribution in [3.63, 3.8) is 0 Å². The van der Waals surface area contributed by atoms with Gasteiger partial charge in [-0.25, -0.2) is 14.4 Å². The minimum absolute atomic E-state index is 0.155. The second-order valence-electron chi connectivity index (χ2n) is 5.50. The summed E-state index contributed by atoms with van der Waals surface area (Å²) in [6.45, 7) is 0. The van der Waals surface area contributed by atoms with Gasteiger partial charge in [0.2, 0.25) is 0 Å². The van der Waals surface area contributed by atoms with Crippen LogP contribution in [0.2, 0.25) is 0 Å². The molecule has 0 saturated carbocycles. The van der Waals surface area contributed by atoms with Crippen LogP contribution in [0.25, 0.3) is 20.7 Å². The number of thioether (sulfide) groups is 2. The van der Waals surface area contributed by atoms with Crippen molar-refractivity contribution in [2.45, 2.75) is 9.92 Å². The molecule has 0 amide bonds. The zero-order valence-corrected chi connectivity index (χ0v) is 16.2. The Morgan fingerprint density at radius 1 is 0.885 bits per heavy atom. The number of fused-ring (bicyclic) bond motifs is 1. The molecule has 0 aliphatic heterocycles. The lowest BCUT2D eigenvalue weighted by molar-refractivity contribution is 0.602. The third-order valence-corrected chi connectivity index (χ3v) is 7.18. The molecule has 0 spiro atoms. The van der Waals surface area contributed by atoms with Crippen molar-refractivity contribution in [1.29, 1.82) is 0 Å². The molecule has 2 aromatic heterocycles. The number of halogens is 1. The van der Waals surface area contributed by atoms with Crippen LogP contribution in [0.4, 0.5) is 4.39 Å². The summed E-state index contributed by atoms with van der Waals surface area (Å²) in [4.78, 5) is 11.8. The molecule has 2 aromatic carbocycles. The summed E-state index contributed by atoms with van der Waals surface area (Å²) in [5.74, 6) is 1.53. The predicted octanol–water partition coefficient (Wildman–Crippen LogP) is 6.38. The number of nitrogens with zero attached hydrogens (tertiary/aromatic N) is 2. The summed E-state index contributed by atoms with van der Waals surface area (Å²) in [7, 11) is 0. The highest BCUT2D eigenvalue weighted by Crippen LogP contribution is 2.36. The summed E-state index contributed by atoms with van der Waals surface area (Å²) >= 11 is 4.92. The van der Waals surface area contributed by atoms with Crippen LogP contribution < -0.4 is 0 Å². The Bertz CT molecular complexity index is 1020. The molecular formula is C20H15FN2S3. The molecule has 0 aliphatic carbocycles. The van der Waals surface area contributed by atoms with E-state index in [1.807, 2.05) is 30.3 Å². The van der Waals surface area contributed by atoms with Crippen molar-refractivity contribution in [2.75, 3.05) is 11.5 Å². The van der Waals surface area contributed by atoms with E-state index in [0.717, 1.165) is 26.7 Å². The largest absolute Gasteiger partial charge is 0.229 e. The van der Waals surface area contributed by atoms with Gasteiger partial charge in [-0.15, -0.1) is 34.9 Å². The van der Waals surface area contributed by atoms with Crippen LogP contribution in [0.5, 0.6) is 0 Å². The highest BCUT2D eigenvalue weighted by Gasteiger charge is 2.10. The van der Waals surface area contributed by atoms with E-state index >= 15 is 0 Å². The minimum Gasteiger partial charge on any atom is -0.229 e. The van der Waals surface area contributed by atoms with Gasteiger partial charge in [0.15, 0.2) is 0 Å². The molecule has 0 radical (unpaired) electrons. The Balaban J connectivity index is 1.47. The van der Waals surface area contributed by atoms with Crippen molar-refractivity contribution in [1.82, 2.24) is 9.97 Å². The first-order valence-electron chi connectivity index (χ1n) is 8.11. The van der Waals surface area contributed by atoms with Crippen molar-refractivity contribution in [3.8, 4) is 10.4 Å². The molecule has 0 fully saturated rings. The Labute approximate surface area is 163 Å². The van der Waals surface area contributed by atoms with Gasteiger partial charge in [0.25, 0.3) is 0 Å². The van der Waals surface area contributed by atoms with E-state index < -0.39 is 0 Å². The van der Waals surface area contributed by atoms with Crippen LogP contribution in [-0.2, 0) is 0 Å². The summed E-state index contributed by atoms with van der Waals surface area (Å²) in [5, 5.41) is 2.08. The van der Waals surface area contributed by atoms with Crippen molar-refractivity contribution >= 4 is 45.1 Å². The first-order valence-corrected chi connectivity index (χ1v) is 10.9. The zero-order valence-electron chi connectivity index (χ0n) is 13.8. The quantitative estimate of drug-likeness (QED) is 0.214. The topological polar surface area (TPSA) is 25.8 Å². The lowest BCUT2D eigenvalue weighted by atomic mass is 10.2. The minimum atomic E-state index is -0.155. The lowest BCUT2D eigenvalue weighted by Crippen LogP contribution is -1.89. The standard InChI is InChI=1S/C20H15FN2S3/c21-16-8-4-5-9-17(16)24-10-11-25-19-15-12-18(14-6-2-1-3-7-14)26-20(15)23-13-22-19/h1-9,12-13H,10-11H2. The second-order valence-corrected chi connectivity index (χ2v) is 8.75. The fourth-order valence-electron chi connectivity index (χ4n) is 2.55. The molecule has 0 atom stereocenters.